The number of hydrogen-bond acceptors (Lipinski definition) is 6. The molecule has 5 nitrogen and oxygen atoms in total. The zero-order chi connectivity index (χ0) is 16.2. The van der Waals surface area contributed by atoms with E-state index in [9.17, 15) is 5.11 Å². The number of aromatic nitrogens is 2. The van der Waals surface area contributed by atoms with Gasteiger partial charge in [-0.05, 0) is 24.1 Å². The normalized spacial score (nSPS) is 12.3. The Kier molecular flexibility index (Phi) is 4.73. The molecule has 0 saturated heterocycles. The Hall–Kier alpha value is -2.18. The minimum absolute atomic E-state index is 0.0169. The number of nitrogens with zero attached hydrogens (tertiary/aromatic N) is 2. The highest BCUT2D eigenvalue weighted by molar-refractivity contribution is 7.17. The van der Waals surface area contributed by atoms with Gasteiger partial charge in [-0.25, -0.2) is 9.97 Å². The molecule has 0 aliphatic heterocycles. The van der Waals surface area contributed by atoms with Gasteiger partial charge in [0, 0.05) is 10.9 Å². The van der Waals surface area contributed by atoms with Crippen LogP contribution in [0.3, 0.4) is 0 Å². The summed E-state index contributed by atoms with van der Waals surface area (Å²) in [4.78, 5) is 9.68. The first-order valence-corrected chi connectivity index (χ1v) is 8.38. The number of methoxy groups -OCH3 is 1. The van der Waals surface area contributed by atoms with Crippen LogP contribution in [0.15, 0.2) is 36.0 Å². The molecule has 0 radical (unpaired) electrons. The predicted molar refractivity (Wildman–Crippen MR) is 94.2 cm³/mol. The summed E-state index contributed by atoms with van der Waals surface area (Å²) < 4.78 is 5.22. The highest BCUT2D eigenvalue weighted by Crippen LogP contribution is 2.37. The van der Waals surface area contributed by atoms with E-state index >= 15 is 0 Å². The first kappa shape index (κ1) is 15.7. The minimum atomic E-state index is -0.0169. The molecule has 0 aliphatic rings. The minimum Gasteiger partial charge on any atom is -0.497 e. The quantitative estimate of drug-likeness (QED) is 0.724. The lowest BCUT2D eigenvalue weighted by Gasteiger charge is -2.15. The number of hydrogen-bond donors (Lipinski definition) is 2. The molecule has 6 heteroatoms. The third kappa shape index (κ3) is 3.13. The van der Waals surface area contributed by atoms with Gasteiger partial charge >= 0.3 is 0 Å². The van der Waals surface area contributed by atoms with Gasteiger partial charge in [0.1, 0.15) is 22.7 Å². The fourth-order valence-electron chi connectivity index (χ4n) is 2.44. The number of nitrogens with one attached hydrogen (secondary N) is 1. The second-order valence-electron chi connectivity index (χ2n) is 5.21. The van der Waals surface area contributed by atoms with Crippen molar-refractivity contribution in [1.29, 1.82) is 0 Å². The van der Waals surface area contributed by atoms with Crippen LogP contribution in [0.25, 0.3) is 21.3 Å². The first-order valence-electron chi connectivity index (χ1n) is 7.50. The molecule has 0 fully saturated rings. The maximum absolute atomic E-state index is 9.44. The van der Waals surface area contributed by atoms with E-state index in [0.29, 0.717) is 0 Å². The Morgan fingerprint density at radius 3 is 2.70 bits per heavy atom. The van der Waals surface area contributed by atoms with Crippen LogP contribution in [-0.4, -0.2) is 34.8 Å². The molecule has 2 N–H and O–H groups in total. The Bertz CT molecular complexity index is 782. The Morgan fingerprint density at radius 2 is 2.04 bits per heavy atom. The zero-order valence-electron chi connectivity index (χ0n) is 13.1. The Balaban J connectivity index is 2.06. The van der Waals surface area contributed by atoms with E-state index in [-0.39, 0.29) is 12.6 Å². The molecule has 0 aliphatic carbocycles. The molecule has 0 unspecified atom stereocenters. The highest BCUT2D eigenvalue weighted by atomic mass is 32.1. The fourth-order valence-corrected chi connectivity index (χ4v) is 3.35. The summed E-state index contributed by atoms with van der Waals surface area (Å²) in [6.45, 7) is 2.11. The molecule has 1 aromatic carbocycles. The van der Waals surface area contributed by atoms with Crippen LogP contribution in [0.4, 0.5) is 5.82 Å². The molecular weight excluding hydrogens is 310 g/mol. The van der Waals surface area contributed by atoms with Crippen molar-refractivity contribution in [3.63, 3.8) is 0 Å². The number of aliphatic hydroxyl groups is 1. The second-order valence-corrected chi connectivity index (χ2v) is 6.07. The van der Waals surface area contributed by atoms with Crippen molar-refractivity contribution in [2.24, 2.45) is 0 Å². The molecule has 1 atom stereocenters. The van der Waals surface area contributed by atoms with Crippen molar-refractivity contribution in [2.45, 2.75) is 19.4 Å². The summed E-state index contributed by atoms with van der Waals surface area (Å²) >= 11 is 1.59. The van der Waals surface area contributed by atoms with Gasteiger partial charge in [0.2, 0.25) is 0 Å². The van der Waals surface area contributed by atoms with E-state index in [2.05, 4.69) is 20.7 Å². The van der Waals surface area contributed by atoms with Crippen molar-refractivity contribution in [1.82, 2.24) is 9.97 Å². The fraction of sp³-hybridized carbons (Fsp3) is 0.294. The van der Waals surface area contributed by atoms with E-state index < -0.39 is 0 Å². The van der Waals surface area contributed by atoms with Gasteiger partial charge in [-0.15, -0.1) is 11.3 Å². The van der Waals surface area contributed by atoms with Crippen LogP contribution in [0.2, 0.25) is 0 Å². The predicted octanol–water partition coefficient (Wildman–Crippen LogP) is 3.55. The summed E-state index contributed by atoms with van der Waals surface area (Å²) in [7, 11) is 1.66. The maximum Gasteiger partial charge on any atom is 0.139 e. The van der Waals surface area contributed by atoms with E-state index in [4.69, 9.17) is 4.74 Å². The van der Waals surface area contributed by atoms with Gasteiger partial charge in [0.25, 0.3) is 0 Å². The zero-order valence-corrected chi connectivity index (χ0v) is 13.9. The van der Waals surface area contributed by atoms with Gasteiger partial charge in [-0.1, -0.05) is 19.1 Å². The second kappa shape index (κ2) is 6.93. The van der Waals surface area contributed by atoms with Gasteiger partial charge in [-0.2, -0.15) is 0 Å². The van der Waals surface area contributed by atoms with Gasteiger partial charge < -0.3 is 15.2 Å². The molecule has 120 valence electrons. The first-order chi connectivity index (χ1) is 11.3. The topological polar surface area (TPSA) is 67.3 Å². The van der Waals surface area contributed by atoms with Gasteiger partial charge in [-0.3, -0.25) is 0 Å². The van der Waals surface area contributed by atoms with Crippen LogP contribution in [0.1, 0.15) is 13.3 Å². The number of aliphatic hydroxyl groups excluding tert-OH is 1. The lowest BCUT2D eigenvalue weighted by Crippen LogP contribution is -2.23. The summed E-state index contributed by atoms with van der Waals surface area (Å²) in [5.41, 5.74) is 2.18. The Labute approximate surface area is 139 Å². The molecule has 0 amide bonds. The van der Waals surface area contributed by atoms with Gasteiger partial charge in [0.05, 0.1) is 25.1 Å². The van der Waals surface area contributed by atoms with Crippen molar-refractivity contribution in [3.8, 4) is 16.9 Å². The molecule has 3 rings (SSSR count). The van der Waals surface area contributed by atoms with Crippen LogP contribution in [0.5, 0.6) is 5.75 Å². The number of thiophene rings is 1. The number of ether oxygens (including phenoxy) is 1. The average molecular weight is 329 g/mol. The monoisotopic (exact) mass is 329 g/mol. The van der Waals surface area contributed by atoms with Crippen LogP contribution in [-0.2, 0) is 0 Å². The summed E-state index contributed by atoms with van der Waals surface area (Å²) in [6.07, 6.45) is 2.38. The molecule has 2 heterocycles. The number of fused-ring (bicyclic) bond motifs is 1. The SMILES string of the molecule is CC[C@H](CO)Nc1ncnc2scc(-c3ccc(OC)cc3)c12. The number of rotatable bonds is 6. The Morgan fingerprint density at radius 1 is 1.26 bits per heavy atom. The molecule has 23 heavy (non-hydrogen) atoms. The number of benzene rings is 1. The van der Waals surface area contributed by atoms with E-state index in [1.165, 1.54) is 0 Å². The molecule has 2 aromatic heterocycles. The summed E-state index contributed by atoms with van der Waals surface area (Å²) in [5.74, 6) is 1.59. The van der Waals surface area contributed by atoms with Crippen molar-refractivity contribution in [3.05, 3.63) is 36.0 Å². The smallest absolute Gasteiger partial charge is 0.139 e. The summed E-state index contributed by atoms with van der Waals surface area (Å²) in [6, 6.07) is 7.93. The molecular formula is C17H19N3O2S. The molecule has 0 spiro atoms. The van der Waals surface area contributed by atoms with E-state index in [1.54, 1.807) is 24.8 Å². The van der Waals surface area contributed by atoms with Gasteiger partial charge in [0.15, 0.2) is 0 Å². The average Bonchev–Trinajstić information content (AvgIpc) is 3.04. The van der Waals surface area contributed by atoms with Crippen molar-refractivity contribution in [2.75, 3.05) is 19.0 Å². The molecule has 3 aromatic rings. The van der Waals surface area contributed by atoms with Crippen LogP contribution < -0.4 is 10.1 Å². The lowest BCUT2D eigenvalue weighted by atomic mass is 10.1. The highest BCUT2D eigenvalue weighted by Gasteiger charge is 2.15. The third-order valence-corrected chi connectivity index (χ3v) is 4.71. The molecule has 0 bridgehead atoms. The van der Waals surface area contributed by atoms with E-state index in [1.807, 2.05) is 31.2 Å². The van der Waals surface area contributed by atoms with E-state index in [0.717, 1.165) is 39.3 Å². The largest absolute Gasteiger partial charge is 0.497 e. The number of anilines is 1. The third-order valence-electron chi connectivity index (χ3n) is 3.83. The van der Waals surface area contributed by atoms with Crippen LogP contribution in [0, 0.1) is 0 Å². The van der Waals surface area contributed by atoms with Crippen molar-refractivity contribution < 1.29 is 9.84 Å². The molecule has 0 saturated carbocycles. The van der Waals surface area contributed by atoms with Crippen LogP contribution >= 0.6 is 11.3 Å². The summed E-state index contributed by atoms with van der Waals surface area (Å²) in [5, 5.41) is 15.8. The van der Waals surface area contributed by atoms with Crippen molar-refractivity contribution >= 4 is 27.4 Å². The lowest BCUT2D eigenvalue weighted by molar-refractivity contribution is 0.271. The standard InChI is InChI=1S/C17H19N3O2S/c1-3-12(8-21)20-16-15-14(9-23-17(15)19-10-18-16)11-4-6-13(22-2)7-5-11/h4-7,9-10,12,21H,3,8H2,1-2H3,(H,18,19,20)/t12-/m1/s1. The maximum atomic E-state index is 9.44.